The molecule has 1 aromatic carbocycles. The Morgan fingerprint density at radius 1 is 1.35 bits per heavy atom. The van der Waals surface area contributed by atoms with E-state index in [1.807, 2.05) is 0 Å². The number of hydrogen-bond acceptors (Lipinski definition) is 2. The molecule has 90 valence electrons. The molecule has 1 aliphatic heterocycles. The smallest absolute Gasteiger partial charge is 0.227 e. The number of primary amides is 1. The molecule has 1 aromatic rings. The molecule has 1 atom stereocenters. The number of anilines is 1. The molecule has 1 heterocycles. The summed E-state index contributed by atoms with van der Waals surface area (Å²) < 4.78 is 0. The third-order valence-corrected chi connectivity index (χ3v) is 3.48. The molecule has 17 heavy (non-hydrogen) atoms. The molecular weight excluding hydrogens is 263 g/mol. The van der Waals surface area contributed by atoms with Gasteiger partial charge in [-0.1, -0.05) is 23.2 Å². The first-order chi connectivity index (χ1) is 7.99. The molecule has 0 unspecified atom stereocenters. The normalized spacial score (nSPS) is 19.8. The summed E-state index contributed by atoms with van der Waals surface area (Å²) in [5.74, 6) is -1.02. The van der Waals surface area contributed by atoms with E-state index in [0.29, 0.717) is 22.3 Å². The van der Waals surface area contributed by atoms with Gasteiger partial charge in [0.15, 0.2) is 0 Å². The Labute approximate surface area is 108 Å². The monoisotopic (exact) mass is 272 g/mol. The minimum absolute atomic E-state index is 0.132. The van der Waals surface area contributed by atoms with Gasteiger partial charge in [-0.3, -0.25) is 9.59 Å². The van der Waals surface area contributed by atoms with E-state index in [1.165, 1.54) is 4.90 Å². The first-order valence-corrected chi connectivity index (χ1v) is 5.79. The van der Waals surface area contributed by atoms with Gasteiger partial charge in [0, 0.05) is 18.7 Å². The SMILES string of the molecule is NC(=O)[C@@H]1CC(=O)N(c2ccc(Cl)c(Cl)c2)C1. The number of nitrogens with two attached hydrogens (primary N) is 1. The first kappa shape index (κ1) is 12.2. The number of carbonyl (C=O) groups excluding carboxylic acids is 2. The van der Waals surface area contributed by atoms with Gasteiger partial charge in [0.2, 0.25) is 11.8 Å². The Balaban J connectivity index is 2.26. The largest absolute Gasteiger partial charge is 0.369 e. The fraction of sp³-hybridized carbons (Fsp3) is 0.273. The topological polar surface area (TPSA) is 63.4 Å². The van der Waals surface area contributed by atoms with Crippen LogP contribution < -0.4 is 10.6 Å². The molecule has 4 nitrogen and oxygen atoms in total. The molecule has 1 fully saturated rings. The molecule has 6 heteroatoms. The van der Waals surface area contributed by atoms with E-state index in [1.54, 1.807) is 18.2 Å². The van der Waals surface area contributed by atoms with Crippen LogP contribution in [0.3, 0.4) is 0 Å². The number of hydrogen-bond donors (Lipinski definition) is 1. The Morgan fingerprint density at radius 3 is 2.59 bits per heavy atom. The molecule has 0 bridgehead atoms. The molecular formula is C11H10Cl2N2O2. The quantitative estimate of drug-likeness (QED) is 0.893. The number of nitrogens with zero attached hydrogens (tertiary/aromatic N) is 1. The lowest BCUT2D eigenvalue weighted by atomic mass is 10.1. The van der Waals surface area contributed by atoms with E-state index >= 15 is 0 Å². The van der Waals surface area contributed by atoms with Crippen molar-refractivity contribution in [1.82, 2.24) is 0 Å². The van der Waals surface area contributed by atoms with Crippen LogP contribution in [0.5, 0.6) is 0 Å². The van der Waals surface area contributed by atoms with Crippen molar-refractivity contribution < 1.29 is 9.59 Å². The number of halogens is 2. The van der Waals surface area contributed by atoms with Crippen molar-refractivity contribution in [2.45, 2.75) is 6.42 Å². The number of amides is 2. The summed E-state index contributed by atoms with van der Waals surface area (Å²) in [6.07, 6.45) is 0.148. The maximum atomic E-state index is 11.7. The van der Waals surface area contributed by atoms with Crippen LogP contribution in [-0.2, 0) is 9.59 Å². The first-order valence-electron chi connectivity index (χ1n) is 5.04. The lowest BCUT2D eigenvalue weighted by Gasteiger charge is -2.16. The summed E-state index contributed by atoms with van der Waals surface area (Å²) in [6, 6.07) is 4.91. The predicted octanol–water partition coefficient (Wildman–Crippen LogP) is 1.83. The number of benzene rings is 1. The minimum Gasteiger partial charge on any atom is -0.369 e. The van der Waals surface area contributed by atoms with Crippen LogP contribution in [0.4, 0.5) is 5.69 Å². The molecule has 2 rings (SSSR count). The van der Waals surface area contributed by atoms with Gasteiger partial charge in [-0.25, -0.2) is 0 Å². The summed E-state index contributed by atoms with van der Waals surface area (Å²) >= 11 is 11.7. The van der Waals surface area contributed by atoms with Gasteiger partial charge in [-0.05, 0) is 18.2 Å². The van der Waals surface area contributed by atoms with Gasteiger partial charge in [-0.2, -0.15) is 0 Å². The lowest BCUT2D eigenvalue weighted by molar-refractivity contribution is -0.123. The van der Waals surface area contributed by atoms with E-state index in [4.69, 9.17) is 28.9 Å². The Morgan fingerprint density at radius 2 is 2.06 bits per heavy atom. The van der Waals surface area contributed by atoms with E-state index in [0.717, 1.165) is 0 Å². The van der Waals surface area contributed by atoms with Crippen LogP contribution in [0.15, 0.2) is 18.2 Å². The van der Waals surface area contributed by atoms with Crippen molar-refractivity contribution in [2.24, 2.45) is 11.7 Å². The fourth-order valence-corrected chi connectivity index (χ4v) is 2.09. The van der Waals surface area contributed by atoms with Crippen LogP contribution in [0.1, 0.15) is 6.42 Å². The molecule has 0 radical (unpaired) electrons. The van der Waals surface area contributed by atoms with Gasteiger partial charge >= 0.3 is 0 Å². The summed E-state index contributed by atoms with van der Waals surface area (Å²) in [4.78, 5) is 24.3. The standard InChI is InChI=1S/C11H10Cl2N2O2/c12-8-2-1-7(4-9(8)13)15-5-6(11(14)17)3-10(15)16/h1-2,4,6H,3,5H2,(H2,14,17)/t6-/m1/s1. The summed E-state index contributed by atoms with van der Waals surface area (Å²) in [5, 5.41) is 0.799. The van der Waals surface area contributed by atoms with Crippen molar-refractivity contribution >= 4 is 40.7 Å². The van der Waals surface area contributed by atoms with E-state index in [2.05, 4.69) is 0 Å². The summed E-state index contributed by atoms with van der Waals surface area (Å²) in [6.45, 7) is 0.298. The maximum Gasteiger partial charge on any atom is 0.227 e. The highest BCUT2D eigenvalue weighted by Crippen LogP contribution is 2.30. The molecule has 0 saturated carbocycles. The highest BCUT2D eigenvalue weighted by molar-refractivity contribution is 6.42. The minimum atomic E-state index is -0.457. The molecule has 2 N–H and O–H groups in total. The van der Waals surface area contributed by atoms with Crippen LogP contribution in [0, 0.1) is 5.92 Å². The molecule has 0 aromatic heterocycles. The number of carbonyl (C=O) groups is 2. The maximum absolute atomic E-state index is 11.7. The Kier molecular flexibility index (Phi) is 3.26. The van der Waals surface area contributed by atoms with Crippen molar-refractivity contribution in [2.75, 3.05) is 11.4 Å². The average molecular weight is 273 g/mol. The average Bonchev–Trinajstić information content (AvgIpc) is 2.65. The molecule has 0 spiro atoms. The second kappa shape index (κ2) is 4.55. The van der Waals surface area contributed by atoms with Crippen molar-refractivity contribution in [3.63, 3.8) is 0 Å². The fourth-order valence-electron chi connectivity index (χ4n) is 1.80. The Hall–Kier alpha value is -1.26. The van der Waals surface area contributed by atoms with Crippen LogP contribution in [-0.4, -0.2) is 18.4 Å². The van der Waals surface area contributed by atoms with Crippen molar-refractivity contribution in [3.8, 4) is 0 Å². The van der Waals surface area contributed by atoms with E-state index in [-0.39, 0.29) is 12.3 Å². The number of rotatable bonds is 2. The lowest BCUT2D eigenvalue weighted by Crippen LogP contribution is -2.28. The summed E-state index contributed by atoms with van der Waals surface area (Å²) in [5.41, 5.74) is 5.82. The molecule has 1 saturated heterocycles. The van der Waals surface area contributed by atoms with Gasteiger partial charge in [0.05, 0.1) is 16.0 Å². The van der Waals surface area contributed by atoms with Crippen molar-refractivity contribution in [1.29, 1.82) is 0 Å². The zero-order chi connectivity index (χ0) is 12.6. The van der Waals surface area contributed by atoms with E-state index < -0.39 is 11.8 Å². The predicted molar refractivity (Wildman–Crippen MR) is 66.1 cm³/mol. The second-order valence-electron chi connectivity index (χ2n) is 3.91. The highest BCUT2D eigenvalue weighted by Gasteiger charge is 2.33. The molecule has 2 amide bonds. The zero-order valence-electron chi connectivity index (χ0n) is 8.82. The van der Waals surface area contributed by atoms with Crippen LogP contribution in [0.2, 0.25) is 10.0 Å². The third kappa shape index (κ3) is 2.37. The van der Waals surface area contributed by atoms with Crippen LogP contribution >= 0.6 is 23.2 Å². The molecule has 1 aliphatic rings. The zero-order valence-corrected chi connectivity index (χ0v) is 10.3. The van der Waals surface area contributed by atoms with Gasteiger partial charge in [-0.15, -0.1) is 0 Å². The Bertz CT molecular complexity index is 490. The van der Waals surface area contributed by atoms with Crippen LogP contribution in [0.25, 0.3) is 0 Å². The van der Waals surface area contributed by atoms with Crippen molar-refractivity contribution in [3.05, 3.63) is 28.2 Å². The summed E-state index contributed by atoms with van der Waals surface area (Å²) in [7, 11) is 0. The van der Waals surface area contributed by atoms with Gasteiger partial charge in [0.1, 0.15) is 0 Å². The van der Waals surface area contributed by atoms with E-state index in [9.17, 15) is 9.59 Å². The van der Waals surface area contributed by atoms with Gasteiger partial charge < -0.3 is 10.6 Å². The molecule has 0 aliphatic carbocycles. The second-order valence-corrected chi connectivity index (χ2v) is 4.72. The highest BCUT2D eigenvalue weighted by atomic mass is 35.5. The third-order valence-electron chi connectivity index (χ3n) is 2.74. The van der Waals surface area contributed by atoms with Gasteiger partial charge in [0.25, 0.3) is 0 Å².